The van der Waals surface area contributed by atoms with Crippen LogP contribution in [-0.4, -0.2) is 25.2 Å². The molecule has 2 rings (SSSR count). The number of hydrogen-bond donors (Lipinski definition) is 3. The molecule has 0 radical (unpaired) electrons. The van der Waals surface area contributed by atoms with Crippen molar-refractivity contribution in [3.8, 4) is 0 Å². The summed E-state index contributed by atoms with van der Waals surface area (Å²) >= 11 is 0. The highest BCUT2D eigenvalue weighted by molar-refractivity contribution is 7.92. The Kier molecular flexibility index (Phi) is 4.64. The average molecular weight is 308 g/mol. The summed E-state index contributed by atoms with van der Waals surface area (Å²) in [6.07, 6.45) is 0. The summed E-state index contributed by atoms with van der Waals surface area (Å²) in [4.78, 5) is 0. The molecule has 0 amide bonds. The Morgan fingerprint density at radius 3 is 2.48 bits per heavy atom. The number of benzene rings is 1. The molecule has 0 saturated carbocycles. The number of rotatable bonds is 6. The fourth-order valence-corrected chi connectivity index (χ4v) is 3.19. The predicted octanol–water partition coefficient (Wildman–Crippen LogP) is 1.94. The molecule has 21 heavy (non-hydrogen) atoms. The van der Waals surface area contributed by atoms with E-state index >= 15 is 0 Å². The van der Waals surface area contributed by atoms with Gasteiger partial charge in [0.1, 0.15) is 0 Å². The molecule has 2 aromatic rings. The average Bonchev–Trinajstić information content (AvgIpc) is 2.81. The topological polar surface area (TPSA) is 86.9 Å². The molecule has 0 aliphatic carbocycles. The van der Waals surface area contributed by atoms with Crippen molar-refractivity contribution in [2.75, 3.05) is 11.3 Å². The van der Waals surface area contributed by atoms with Crippen LogP contribution in [0, 0.1) is 13.8 Å². The van der Waals surface area contributed by atoms with Crippen LogP contribution in [0.5, 0.6) is 0 Å². The Hall–Kier alpha value is -1.86. The molecule has 1 aromatic carbocycles. The monoisotopic (exact) mass is 308 g/mol. The molecule has 1 heterocycles. The van der Waals surface area contributed by atoms with Crippen LogP contribution in [0.3, 0.4) is 0 Å². The molecule has 0 bridgehead atoms. The molecule has 0 spiro atoms. The predicted molar refractivity (Wildman–Crippen MR) is 82.7 cm³/mol. The lowest BCUT2D eigenvalue weighted by Crippen LogP contribution is -2.19. The van der Waals surface area contributed by atoms with Crippen LogP contribution in [0.4, 0.5) is 5.69 Å². The number of H-pyrrole nitrogens is 1. The molecular weight excluding hydrogens is 288 g/mol. The quantitative estimate of drug-likeness (QED) is 0.761. The lowest BCUT2D eigenvalue weighted by Gasteiger charge is -2.08. The summed E-state index contributed by atoms with van der Waals surface area (Å²) in [5.74, 6) is 0. The number of aromatic nitrogens is 2. The second-order valence-corrected chi connectivity index (χ2v) is 6.48. The SMILES string of the molecule is CCNCc1c(S(=O)(=O)Nc2ccc(C)cc2)n[nH]c1C. The minimum absolute atomic E-state index is 0.0431. The third kappa shape index (κ3) is 3.62. The van der Waals surface area contributed by atoms with Gasteiger partial charge in [0, 0.05) is 23.5 Å². The van der Waals surface area contributed by atoms with Crippen molar-refractivity contribution in [2.24, 2.45) is 0 Å². The molecule has 0 fully saturated rings. The summed E-state index contributed by atoms with van der Waals surface area (Å²) < 4.78 is 27.5. The number of nitrogens with one attached hydrogen (secondary N) is 3. The largest absolute Gasteiger partial charge is 0.313 e. The summed E-state index contributed by atoms with van der Waals surface area (Å²) in [7, 11) is -3.70. The van der Waals surface area contributed by atoms with Gasteiger partial charge < -0.3 is 5.32 Å². The third-order valence-electron chi connectivity index (χ3n) is 3.15. The van der Waals surface area contributed by atoms with E-state index in [9.17, 15) is 8.42 Å². The Bertz CT molecular complexity index is 705. The number of sulfonamides is 1. The van der Waals surface area contributed by atoms with Gasteiger partial charge in [0.2, 0.25) is 5.03 Å². The van der Waals surface area contributed by atoms with Crippen LogP contribution < -0.4 is 10.0 Å². The number of hydrogen-bond acceptors (Lipinski definition) is 4. The van der Waals surface area contributed by atoms with Crippen LogP contribution in [-0.2, 0) is 16.6 Å². The van der Waals surface area contributed by atoms with Crippen LogP contribution in [0.25, 0.3) is 0 Å². The zero-order chi connectivity index (χ0) is 15.5. The van der Waals surface area contributed by atoms with E-state index in [-0.39, 0.29) is 5.03 Å². The van der Waals surface area contributed by atoms with Gasteiger partial charge in [0.25, 0.3) is 10.0 Å². The Morgan fingerprint density at radius 1 is 1.19 bits per heavy atom. The lowest BCUT2D eigenvalue weighted by molar-refractivity contribution is 0.594. The first-order valence-corrected chi connectivity index (χ1v) is 8.26. The van der Waals surface area contributed by atoms with E-state index < -0.39 is 10.0 Å². The summed E-state index contributed by atoms with van der Waals surface area (Å²) in [6.45, 7) is 6.95. The lowest BCUT2D eigenvalue weighted by atomic mass is 10.2. The van der Waals surface area contributed by atoms with Crippen LogP contribution in [0.2, 0.25) is 0 Å². The van der Waals surface area contributed by atoms with Crippen molar-refractivity contribution >= 4 is 15.7 Å². The maximum Gasteiger partial charge on any atom is 0.281 e. The van der Waals surface area contributed by atoms with E-state index in [0.717, 1.165) is 17.8 Å². The maximum atomic E-state index is 12.5. The minimum Gasteiger partial charge on any atom is -0.313 e. The standard InChI is InChI=1S/C14H20N4O2S/c1-4-15-9-13-11(3)16-17-14(13)21(19,20)18-12-7-5-10(2)6-8-12/h5-8,15,18H,4,9H2,1-3H3,(H,16,17). The van der Waals surface area contributed by atoms with Gasteiger partial charge in [-0.3, -0.25) is 9.82 Å². The van der Waals surface area contributed by atoms with Gasteiger partial charge >= 0.3 is 0 Å². The smallest absolute Gasteiger partial charge is 0.281 e. The molecule has 0 aliphatic rings. The van der Waals surface area contributed by atoms with Crippen molar-refractivity contribution in [2.45, 2.75) is 32.3 Å². The maximum absolute atomic E-state index is 12.5. The van der Waals surface area contributed by atoms with Crippen LogP contribution in [0.15, 0.2) is 29.3 Å². The molecule has 1 aromatic heterocycles. The number of aryl methyl sites for hydroxylation is 2. The molecule has 0 aliphatic heterocycles. The van der Waals surface area contributed by atoms with Gasteiger partial charge in [-0.1, -0.05) is 24.6 Å². The summed E-state index contributed by atoms with van der Waals surface area (Å²) in [5.41, 5.74) is 3.01. The van der Waals surface area contributed by atoms with E-state index in [1.165, 1.54) is 0 Å². The van der Waals surface area contributed by atoms with E-state index in [2.05, 4.69) is 20.2 Å². The minimum atomic E-state index is -3.70. The summed E-state index contributed by atoms with van der Waals surface area (Å²) in [5, 5.41) is 9.84. The van der Waals surface area contributed by atoms with Crippen molar-refractivity contribution in [3.63, 3.8) is 0 Å². The van der Waals surface area contributed by atoms with Crippen LogP contribution >= 0.6 is 0 Å². The molecule has 3 N–H and O–H groups in total. The van der Waals surface area contributed by atoms with Gasteiger partial charge in [0.15, 0.2) is 0 Å². The Balaban J connectivity index is 2.29. The van der Waals surface area contributed by atoms with Gasteiger partial charge in [0.05, 0.1) is 0 Å². The highest BCUT2D eigenvalue weighted by Crippen LogP contribution is 2.20. The second kappa shape index (κ2) is 6.28. The molecule has 0 unspecified atom stereocenters. The highest BCUT2D eigenvalue weighted by Gasteiger charge is 2.23. The number of anilines is 1. The van der Waals surface area contributed by atoms with E-state index in [1.807, 2.05) is 32.9 Å². The van der Waals surface area contributed by atoms with Gasteiger partial charge in [-0.05, 0) is 32.5 Å². The van der Waals surface area contributed by atoms with Gasteiger partial charge in [-0.25, -0.2) is 0 Å². The molecular formula is C14H20N4O2S. The first kappa shape index (κ1) is 15.5. The van der Waals surface area contributed by atoms with E-state index in [1.54, 1.807) is 12.1 Å². The Morgan fingerprint density at radius 2 is 1.86 bits per heavy atom. The van der Waals surface area contributed by atoms with E-state index in [4.69, 9.17) is 0 Å². The van der Waals surface area contributed by atoms with Crippen molar-refractivity contribution < 1.29 is 8.42 Å². The first-order valence-electron chi connectivity index (χ1n) is 6.78. The van der Waals surface area contributed by atoms with Crippen molar-refractivity contribution in [1.82, 2.24) is 15.5 Å². The van der Waals surface area contributed by atoms with E-state index in [0.29, 0.717) is 17.8 Å². The molecule has 7 heteroatoms. The van der Waals surface area contributed by atoms with Crippen molar-refractivity contribution in [3.05, 3.63) is 41.1 Å². The highest BCUT2D eigenvalue weighted by atomic mass is 32.2. The first-order chi connectivity index (χ1) is 9.94. The molecule has 0 saturated heterocycles. The fraction of sp³-hybridized carbons (Fsp3) is 0.357. The zero-order valence-corrected chi connectivity index (χ0v) is 13.2. The molecule has 6 nitrogen and oxygen atoms in total. The van der Waals surface area contributed by atoms with Crippen molar-refractivity contribution in [1.29, 1.82) is 0 Å². The zero-order valence-electron chi connectivity index (χ0n) is 12.4. The summed E-state index contributed by atoms with van der Waals surface area (Å²) in [6, 6.07) is 7.17. The number of aromatic amines is 1. The fourth-order valence-electron chi connectivity index (χ4n) is 1.94. The van der Waals surface area contributed by atoms with Gasteiger partial charge in [-0.2, -0.15) is 13.5 Å². The van der Waals surface area contributed by atoms with Crippen LogP contribution in [0.1, 0.15) is 23.7 Å². The molecule has 114 valence electrons. The third-order valence-corrected chi connectivity index (χ3v) is 4.50. The Labute approximate surface area is 125 Å². The number of nitrogens with zero attached hydrogens (tertiary/aromatic N) is 1. The second-order valence-electron chi connectivity index (χ2n) is 4.88. The molecule has 0 atom stereocenters. The normalized spacial score (nSPS) is 11.6. The van der Waals surface area contributed by atoms with Gasteiger partial charge in [-0.15, -0.1) is 0 Å².